The Morgan fingerprint density at radius 1 is 1.03 bits per heavy atom. The fourth-order valence-corrected chi connectivity index (χ4v) is 5.74. The molecule has 0 atom stereocenters. The molecule has 1 fully saturated rings. The second-order valence-corrected chi connectivity index (χ2v) is 10.3. The van der Waals surface area contributed by atoms with Crippen LogP contribution in [-0.4, -0.2) is 59.8 Å². The number of rotatable bonds is 5. The minimum atomic E-state index is 0.377. The molecular formula is C29H28N4OS. The molecule has 5 nitrogen and oxygen atoms in total. The van der Waals surface area contributed by atoms with Crippen molar-refractivity contribution in [1.82, 2.24) is 20.0 Å². The molecule has 0 amide bonds. The molecule has 2 aliphatic rings. The summed E-state index contributed by atoms with van der Waals surface area (Å²) in [6, 6.07) is 20.9. The van der Waals surface area contributed by atoms with Gasteiger partial charge in [-0.25, -0.2) is 0 Å². The molecule has 0 bridgehead atoms. The van der Waals surface area contributed by atoms with Gasteiger partial charge in [0.1, 0.15) is 12.4 Å². The number of benzene rings is 2. The Morgan fingerprint density at radius 2 is 1.89 bits per heavy atom. The normalized spacial score (nSPS) is 15.3. The SMILES string of the molecule is CN1CCN(Cc2ccc3c(c2)Cc2c-3n[nH]c2-c2ccc(C#CCOc3ccccc3)s2)CC1. The first-order valence-electron chi connectivity index (χ1n) is 12.1. The summed E-state index contributed by atoms with van der Waals surface area (Å²) in [5.41, 5.74) is 7.56. The van der Waals surface area contributed by atoms with Crippen LogP contribution in [-0.2, 0) is 13.0 Å². The molecule has 1 saturated heterocycles. The van der Waals surface area contributed by atoms with Gasteiger partial charge >= 0.3 is 0 Å². The van der Waals surface area contributed by atoms with E-state index in [0.717, 1.165) is 61.2 Å². The van der Waals surface area contributed by atoms with E-state index in [2.05, 4.69) is 64.1 Å². The second-order valence-electron chi connectivity index (χ2n) is 9.24. The molecule has 2 aromatic heterocycles. The lowest BCUT2D eigenvalue weighted by atomic mass is 10.0. The number of fused-ring (bicyclic) bond motifs is 3. The number of aromatic nitrogens is 2. The van der Waals surface area contributed by atoms with Crippen molar-refractivity contribution in [1.29, 1.82) is 0 Å². The summed E-state index contributed by atoms with van der Waals surface area (Å²) in [6.07, 6.45) is 0.927. The number of para-hydroxylation sites is 1. The van der Waals surface area contributed by atoms with Crippen LogP contribution in [0.15, 0.2) is 60.7 Å². The van der Waals surface area contributed by atoms with E-state index < -0.39 is 0 Å². The Kier molecular flexibility index (Phi) is 6.13. The monoisotopic (exact) mass is 480 g/mol. The van der Waals surface area contributed by atoms with E-state index in [0.29, 0.717) is 6.61 Å². The smallest absolute Gasteiger partial charge is 0.149 e. The lowest BCUT2D eigenvalue weighted by molar-refractivity contribution is 0.148. The first-order valence-corrected chi connectivity index (χ1v) is 12.9. The molecule has 2 aromatic carbocycles. The zero-order valence-electron chi connectivity index (χ0n) is 19.9. The Labute approximate surface area is 210 Å². The van der Waals surface area contributed by atoms with E-state index in [1.165, 1.54) is 27.1 Å². The Hall–Kier alpha value is -3.37. The van der Waals surface area contributed by atoms with Crippen LogP contribution in [0.2, 0.25) is 0 Å². The van der Waals surface area contributed by atoms with Gasteiger partial charge in [0.25, 0.3) is 0 Å². The predicted molar refractivity (Wildman–Crippen MR) is 142 cm³/mol. The Balaban J connectivity index is 1.13. The molecule has 3 heterocycles. The van der Waals surface area contributed by atoms with Crippen molar-refractivity contribution in [2.75, 3.05) is 39.8 Å². The van der Waals surface area contributed by atoms with Gasteiger partial charge in [0.2, 0.25) is 0 Å². The van der Waals surface area contributed by atoms with Crippen LogP contribution in [0.3, 0.4) is 0 Å². The van der Waals surface area contributed by atoms with Crippen LogP contribution in [0.4, 0.5) is 0 Å². The quantitative estimate of drug-likeness (QED) is 0.364. The van der Waals surface area contributed by atoms with E-state index in [1.54, 1.807) is 11.3 Å². The highest BCUT2D eigenvalue weighted by Crippen LogP contribution is 2.42. The van der Waals surface area contributed by atoms with Crippen molar-refractivity contribution in [3.8, 4) is 39.4 Å². The molecule has 0 saturated carbocycles. The number of hydrogen-bond acceptors (Lipinski definition) is 5. The van der Waals surface area contributed by atoms with E-state index in [-0.39, 0.29) is 0 Å². The Bertz CT molecular complexity index is 1390. The van der Waals surface area contributed by atoms with Gasteiger partial charge in [-0.1, -0.05) is 48.2 Å². The van der Waals surface area contributed by atoms with Gasteiger partial charge in [-0.3, -0.25) is 10.00 Å². The van der Waals surface area contributed by atoms with E-state index in [9.17, 15) is 0 Å². The molecule has 1 aliphatic heterocycles. The van der Waals surface area contributed by atoms with Crippen molar-refractivity contribution >= 4 is 11.3 Å². The summed E-state index contributed by atoms with van der Waals surface area (Å²) < 4.78 is 5.68. The number of aromatic amines is 1. The number of likely N-dealkylation sites (N-methyl/N-ethyl adjacent to an activating group) is 1. The summed E-state index contributed by atoms with van der Waals surface area (Å²) >= 11 is 1.70. The summed E-state index contributed by atoms with van der Waals surface area (Å²) in [4.78, 5) is 7.17. The van der Waals surface area contributed by atoms with E-state index >= 15 is 0 Å². The third-order valence-electron chi connectivity index (χ3n) is 6.78. The van der Waals surface area contributed by atoms with Gasteiger partial charge < -0.3 is 9.64 Å². The van der Waals surface area contributed by atoms with Crippen molar-refractivity contribution in [3.63, 3.8) is 0 Å². The van der Waals surface area contributed by atoms with Crippen molar-refractivity contribution in [3.05, 3.63) is 82.2 Å². The number of piperazine rings is 1. The molecular weight excluding hydrogens is 452 g/mol. The van der Waals surface area contributed by atoms with E-state index in [4.69, 9.17) is 9.84 Å². The largest absolute Gasteiger partial charge is 0.481 e. The van der Waals surface area contributed by atoms with Gasteiger partial charge in [0, 0.05) is 50.3 Å². The van der Waals surface area contributed by atoms with Crippen LogP contribution < -0.4 is 4.74 Å². The zero-order chi connectivity index (χ0) is 23.6. The maximum atomic E-state index is 5.68. The molecule has 6 heteroatoms. The fourth-order valence-electron chi connectivity index (χ4n) is 4.84. The highest BCUT2D eigenvalue weighted by Gasteiger charge is 2.26. The third kappa shape index (κ3) is 4.76. The number of H-pyrrole nitrogens is 1. The number of hydrogen-bond donors (Lipinski definition) is 1. The predicted octanol–water partition coefficient (Wildman–Crippen LogP) is 4.89. The number of thiophene rings is 1. The minimum Gasteiger partial charge on any atom is -0.481 e. The second kappa shape index (κ2) is 9.71. The summed E-state index contributed by atoms with van der Waals surface area (Å²) in [5, 5.41) is 7.99. The fraction of sp³-hybridized carbons (Fsp3) is 0.276. The number of nitrogens with zero attached hydrogens (tertiary/aromatic N) is 3. The van der Waals surface area contributed by atoms with Crippen molar-refractivity contribution < 1.29 is 4.74 Å². The van der Waals surface area contributed by atoms with Crippen LogP contribution >= 0.6 is 11.3 Å². The van der Waals surface area contributed by atoms with Crippen molar-refractivity contribution in [2.45, 2.75) is 13.0 Å². The van der Waals surface area contributed by atoms with Crippen molar-refractivity contribution in [2.24, 2.45) is 0 Å². The molecule has 6 rings (SSSR count). The first-order chi connectivity index (χ1) is 17.2. The Morgan fingerprint density at radius 3 is 2.74 bits per heavy atom. The standard InChI is InChI=1S/C29H28N4OS/c1-32-13-15-33(16-14-32)20-21-9-11-25-22(18-21)19-26-28(25)30-31-29(26)27-12-10-24(35-27)8-5-17-34-23-6-3-2-4-7-23/h2-4,6-7,9-12,18H,13-17,19-20H2,1H3,(H,30,31). The van der Waals surface area contributed by atoms with Gasteiger partial charge in [0.15, 0.2) is 0 Å². The van der Waals surface area contributed by atoms with Crippen LogP contribution in [0.1, 0.15) is 21.6 Å². The average Bonchev–Trinajstić information content (AvgIpc) is 3.59. The topological polar surface area (TPSA) is 44.4 Å². The molecule has 35 heavy (non-hydrogen) atoms. The first kappa shape index (κ1) is 22.1. The maximum Gasteiger partial charge on any atom is 0.149 e. The van der Waals surface area contributed by atoms with Crippen LogP contribution in [0, 0.1) is 11.8 Å². The number of ether oxygens (including phenoxy) is 1. The van der Waals surface area contributed by atoms with Gasteiger partial charge in [-0.05, 0) is 42.4 Å². The van der Waals surface area contributed by atoms with Crippen LogP contribution in [0.25, 0.3) is 21.8 Å². The highest BCUT2D eigenvalue weighted by atomic mass is 32.1. The molecule has 4 aromatic rings. The zero-order valence-corrected chi connectivity index (χ0v) is 20.7. The lowest BCUT2D eigenvalue weighted by Crippen LogP contribution is -2.43. The van der Waals surface area contributed by atoms with Crippen LogP contribution in [0.5, 0.6) is 5.75 Å². The average molecular weight is 481 g/mol. The molecule has 0 radical (unpaired) electrons. The molecule has 176 valence electrons. The molecule has 0 unspecified atom stereocenters. The van der Waals surface area contributed by atoms with Gasteiger partial charge in [-0.15, -0.1) is 11.3 Å². The third-order valence-corrected chi connectivity index (χ3v) is 7.80. The lowest BCUT2D eigenvalue weighted by Gasteiger charge is -2.32. The summed E-state index contributed by atoms with van der Waals surface area (Å²) in [6.45, 7) is 5.98. The minimum absolute atomic E-state index is 0.377. The van der Waals surface area contributed by atoms with E-state index in [1.807, 2.05) is 30.3 Å². The van der Waals surface area contributed by atoms with Gasteiger partial charge in [0.05, 0.1) is 21.1 Å². The molecule has 0 spiro atoms. The highest BCUT2D eigenvalue weighted by molar-refractivity contribution is 7.16. The summed E-state index contributed by atoms with van der Waals surface area (Å²) in [7, 11) is 2.20. The van der Waals surface area contributed by atoms with Gasteiger partial charge in [-0.2, -0.15) is 5.10 Å². The molecule has 1 N–H and O–H groups in total. The number of nitrogens with one attached hydrogen (secondary N) is 1. The molecule has 1 aliphatic carbocycles. The maximum absolute atomic E-state index is 5.68. The summed E-state index contributed by atoms with van der Waals surface area (Å²) in [5.74, 6) is 7.20.